The van der Waals surface area contributed by atoms with Gasteiger partial charge in [-0.1, -0.05) is 30.3 Å². The molecule has 6 atom stereocenters. The Labute approximate surface area is 195 Å². The third kappa shape index (κ3) is 6.58. The van der Waals surface area contributed by atoms with E-state index in [1.807, 2.05) is 0 Å². The summed E-state index contributed by atoms with van der Waals surface area (Å²) in [6.07, 6.45) is -6.04. The molecule has 35 heavy (non-hydrogen) atoms. The van der Waals surface area contributed by atoms with Crippen LogP contribution in [0.15, 0.2) is 52.2 Å². The third-order valence-electron chi connectivity index (χ3n) is 4.92. The predicted octanol–water partition coefficient (Wildman–Crippen LogP) is 0.370. The lowest BCUT2D eigenvalue weighted by Crippen LogP contribution is -2.45. The molecule has 1 saturated heterocycles. The second kappa shape index (κ2) is 10.1. The van der Waals surface area contributed by atoms with Crippen molar-refractivity contribution in [3.8, 4) is 0 Å². The number of rotatable bonds is 9. The lowest BCUT2D eigenvalue weighted by atomic mass is 10.1. The average molecular weight is 542 g/mol. The molecule has 0 bridgehead atoms. The van der Waals surface area contributed by atoms with E-state index in [2.05, 4.69) is 8.83 Å². The van der Waals surface area contributed by atoms with Crippen molar-refractivity contribution in [2.45, 2.75) is 37.0 Å². The molecule has 2 aromatic rings. The largest absolute Gasteiger partial charge is 0.479 e. The highest BCUT2D eigenvalue weighted by atomic mass is 31.3. The van der Waals surface area contributed by atoms with E-state index in [9.17, 15) is 42.6 Å². The van der Waals surface area contributed by atoms with E-state index in [1.165, 1.54) is 18.2 Å². The van der Waals surface area contributed by atoms with Crippen molar-refractivity contribution in [2.75, 3.05) is 13.3 Å². The number of hydrogen-bond donors (Lipinski definition) is 4. The molecule has 194 valence electrons. The minimum Gasteiger partial charge on any atom is -0.387 e. The van der Waals surface area contributed by atoms with Crippen molar-refractivity contribution in [1.82, 2.24) is 9.13 Å². The summed E-state index contributed by atoms with van der Waals surface area (Å²) in [6.45, 7) is -1.62. The molecule has 1 aromatic heterocycles. The number of aliphatic hydroxyl groups is 2. The number of phosphoric acid groups is 1. The number of halogens is 2. The summed E-state index contributed by atoms with van der Waals surface area (Å²) in [5.41, 5.74) is -2.78. The quantitative estimate of drug-likeness (QED) is 0.321. The fraction of sp³-hybridized carbons (Fsp3) is 0.444. The molecule has 13 nitrogen and oxygen atoms in total. The van der Waals surface area contributed by atoms with Crippen LogP contribution in [0.1, 0.15) is 11.8 Å². The lowest BCUT2D eigenvalue weighted by Gasteiger charge is -2.21. The summed E-state index contributed by atoms with van der Waals surface area (Å²) in [7, 11) is -9.49. The van der Waals surface area contributed by atoms with Crippen molar-refractivity contribution in [2.24, 2.45) is 0 Å². The van der Waals surface area contributed by atoms with Crippen LogP contribution in [-0.2, 0) is 35.2 Å². The SMILES string of the molecule is CP(=O)(O)OP(=O)(O)OCC1OC(n2ccc(=O)n(CC(F)(F)c3ccccc3)c2=O)C(O)[C@H]1O. The fourth-order valence-electron chi connectivity index (χ4n) is 3.32. The van der Waals surface area contributed by atoms with Crippen molar-refractivity contribution >= 4 is 15.4 Å². The van der Waals surface area contributed by atoms with E-state index >= 15 is 0 Å². The number of benzene rings is 1. The molecule has 0 saturated carbocycles. The number of hydrogen-bond acceptors (Lipinski definition) is 9. The summed E-state index contributed by atoms with van der Waals surface area (Å²) in [6, 6.07) is 7.25. The Kier molecular flexibility index (Phi) is 7.97. The second-order valence-electron chi connectivity index (χ2n) is 7.70. The molecule has 1 aliphatic heterocycles. The van der Waals surface area contributed by atoms with E-state index < -0.39 is 75.8 Å². The van der Waals surface area contributed by atoms with E-state index in [0.717, 1.165) is 24.4 Å². The van der Waals surface area contributed by atoms with Gasteiger partial charge in [0.05, 0.1) is 13.2 Å². The summed E-state index contributed by atoms with van der Waals surface area (Å²) in [4.78, 5) is 43.5. The predicted molar refractivity (Wildman–Crippen MR) is 114 cm³/mol. The van der Waals surface area contributed by atoms with Crippen LogP contribution in [0.4, 0.5) is 8.78 Å². The van der Waals surface area contributed by atoms with Gasteiger partial charge in [0.2, 0.25) is 0 Å². The maximum Gasteiger partial charge on any atom is 0.479 e. The molecule has 2 heterocycles. The van der Waals surface area contributed by atoms with Gasteiger partial charge in [-0.2, -0.15) is 8.78 Å². The van der Waals surface area contributed by atoms with Gasteiger partial charge in [-0.15, -0.1) is 0 Å². The van der Waals surface area contributed by atoms with Crippen molar-refractivity contribution < 1.29 is 51.5 Å². The Balaban J connectivity index is 1.82. The first kappa shape index (κ1) is 27.5. The minimum atomic E-state index is -5.06. The molecule has 4 N–H and O–H groups in total. The Bertz CT molecular complexity index is 1260. The number of ether oxygens (including phenoxy) is 1. The normalized spacial score (nSPS) is 26.3. The van der Waals surface area contributed by atoms with Gasteiger partial charge in [-0.25, -0.2) is 13.7 Å². The minimum absolute atomic E-state index is 0.231. The van der Waals surface area contributed by atoms with Crippen LogP contribution in [0.3, 0.4) is 0 Å². The second-order valence-corrected chi connectivity index (χ2v) is 11.2. The molecule has 1 fully saturated rings. The van der Waals surface area contributed by atoms with Gasteiger partial charge in [0, 0.05) is 24.5 Å². The van der Waals surface area contributed by atoms with Gasteiger partial charge in [-0.3, -0.25) is 23.0 Å². The smallest absolute Gasteiger partial charge is 0.387 e. The van der Waals surface area contributed by atoms with Gasteiger partial charge in [-0.05, 0) is 0 Å². The topological polar surface area (TPSA) is 187 Å². The summed E-state index contributed by atoms with van der Waals surface area (Å²) >= 11 is 0. The van der Waals surface area contributed by atoms with Crippen LogP contribution >= 0.6 is 15.4 Å². The zero-order valence-electron chi connectivity index (χ0n) is 18.0. The number of aliphatic hydroxyl groups excluding tert-OH is 2. The Morgan fingerprint density at radius 2 is 1.71 bits per heavy atom. The first-order valence-electron chi connectivity index (χ1n) is 9.87. The highest BCUT2D eigenvalue weighted by Crippen LogP contribution is 2.58. The molecule has 17 heteroatoms. The molecule has 3 rings (SSSR count). The van der Waals surface area contributed by atoms with Crippen molar-refractivity contribution in [3.05, 3.63) is 69.0 Å². The van der Waals surface area contributed by atoms with Crippen molar-refractivity contribution in [3.63, 3.8) is 0 Å². The molecule has 0 radical (unpaired) electrons. The zero-order chi connectivity index (χ0) is 26.2. The lowest BCUT2D eigenvalue weighted by molar-refractivity contribution is -0.0568. The molecule has 0 spiro atoms. The Morgan fingerprint density at radius 3 is 2.31 bits per heavy atom. The first-order chi connectivity index (χ1) is 16.1. The maximum atomic E-state index is 14.7. The van der Waals surface area contributed by atoms with Gasteiger partial charge in [0.15, 0.2) is 6.23 Å². The zero-order valence-corrected chi connectivity index (χ0v) is 19.7. The van der Waals surface area contributed by atoms with Crippen LogP contribution in [0.2, 0.25) is 0 Å². The number of phosphoric ester groups is 1. The molecule has 0 amide bonds. The van der Waals surface area contributed by atoms with E-state index in [-0.39, 0.29) is 4.57 Å². The monoisotopic (exact) mass is 542 g/mol. The van der Waals surface area contributed by atoms with Crippen molar-refractivity contribution in [1.29, 1.82) is 0 Å². The number of alkyl halides is 2. The average Bonchev–Trinajstić information content (AvgIpc) is 3.03. The van der Waals surface area contributed by atoms with E-state index in [1.54, 1.807) is 0 Å². The van der Waals surface area contributed by atoms with Crippen LogP contribution in [0.5, 0.6) is 0 Å². The summed E-state index contributed by atoms with van der Waals surface area (Å²) in [5, 5.41) is 20.5. The van der Waals surface area contributed by atoms with Gasteiger partial charge in [0.25, 0.3) is 11.5 Å². The Hall–Kier alpha value is -2.06. The molecule has 5 unspecified atom stereocenters. The van der Waals surface area contributed by atoms with Crippen LogP contribution in [0.25, 0.3) is 0 Å². The molecular weight excluding hydrogens is 520 g/mol. The van der Waals surface area contributed by atoms with Gasteiger partial charge >= 0.3 is 21.1 Å². The maximum absolute atomic E-state index is 14.7. The fourth-order valence-corrected chi connectivity index (χ4v) is 5.38. The van der Waals surface area contributed by atoms with Gasteiger partial charge in [0.1, 0.15) is 18.3 Å². The Morgan fingerprint density at radius 1 is 1.09 bits per heavy atom. The summed E-state index contributed by atoms with van der Waals surface area (Å²) in [5.74, 6) is -3.61. The summed E-state index contributed by atoms with van der Waals surface area (Å²) < 4.78 is 66.9. The molecule has 1 aliphatic rings. The van der Waals surface area contributed by atoms with Gasteiger partial charge < -0.3 is 24.7 Å². The van der Waals surface area contributed by atoms with Crippen LogP contribution < -0.4 is 11.2 Å². The highest BCUT2D eigenvalue weighted by Gasteiger charge is 2.46. The molecular formula is C18H22F2N2O11P2. The van der Waals surface area contributed by atoms with Crippen LogP contribution in [0, 0.1) is 0 Å². The number of aromatic nitrogens is 2. The van der Waals surface area contributed by atoms with Crippen LogP contribution in [-0.4, -0.2) is 60.7 Å². The highest BCUT2D eigenvalue weighted by molar-refractivity contribution is 7.63. The molecule has 0 aliphatic carbocycles. The third-order valence-corrected chi connectivity index (χ3v) is 7.43. The first-order valence-corrected chi connectivity index (χ1v) is 13.4. The standard InChI is InChI=1S/C18H22F2N2O11P2/c1-34(27,28)33-35(29,30)31-9-12-14(24)15(25)16(32-12)21-8-7-13(23)22(17(21)26)10-18(19,20)11-5-3-2-4-6-11/h2-8,12,14-16,24-25H,9-10H2,1H3,(H,27,28)(H,29,30)/t12?,14-,15?,16?/m0/s1. The van der Waals surface area contributed by atoms with E-state index in [4.69, 9.17) is 9.63 Å². The van der Waals surface area contributed by atoms with E-state index in [0.29, 0.717) is 11.2 Å². The number of nitrogens with zero attached hydrogens (tertiary/aromatic N) is 2. The molecule has 1 aromatic carbocycles.